The Labute approximate surface area is 92.8 Å². The lowest BCUT2D eigenvalue weighted by atomic mass is 10.2. The number of carbonyl (C=O) groups excluding carboxylic acids is 1. The van der Waals surface area contributed by atoms with Crippen molar-refractivity contribution in [1.82, 2.24) is 10.6 Å². The third kappa shape index (κ3) is 11.3. The third-order valence-corrected chi connectivity index (χ3v) is 2.26. The minimum Gasteiger partial charge on any atom is -0.385 e. The Morgan fingerprint density at radius 3 is 2.53 bits per heavy atom. The fraction of sp³-hybridized carbons (Fsp3) is 0.909. The van der Waals surface area contributed by atoms with Crippen molar-refractivity contribution in [2.24, 2.45) is 0 Å². The lowest BCUT2D eigenvalue weighted by molar-refractivity contribution is -0.120. The van der Waals surface area contributed by atoms with Crippen molar-refractivity contribution in [2.45, 2.75) is 32.1 Å². The van der Waals surface area contributed by atoms with Gasteiger partial charge < -0.3 is 15.4 Å². The van der Waals surface area contributed by atoms with Gasteiger partial charge in [-0.15, -0.1) is 0 Å². The highest BCUT2D eigenvalue weighted by Gasteiger charge is 1.95. The van der Waals surface area contributed by atoms with Gasteiger partial charge in [-0.05, 0) is 19.4 Å². The van der Waals surface area contributed by atoms with Gasteiger partial charge in [0.05, 0.1) is 0 Å². The van der Waals surface area contributed by atoms with Crippen LogP contribution in [0.1, 0.15) is 32.1 Å². The van der Waals surface area contributed by atoms with E-state index in [0.29, 0.717) is 6.42 Å². The van der Waals surface area contributed by atoms with Crippen LogP contribution in [-0.2, 0) is 9.53 Å². The molecule has 0 aliphatic heterocycles. The summed E-state index contributed by atoms with van der Waals surface area (Å²) in [5, 5.41) is 5.85. The maximum Gasteiger partial charge on any atom is 0.221 e. The van der Waals surface area contributed by atoms with E-state index in [-0.39, 0.29) is 5.91 Å². The quantitative estimate of drug-likeness (QED) is 0.534. The molecule has 0 rings (SSSR count). The molecule has 1 amide bonds. The monoisotopic (exact) mass is 216 g/mol. The summed E-state index contributed by atoms with van der Waals surface area (Å²) in [5.74, 6) is 0.0996. The van der Waals surface area contributed by atoms with Crippen LogP contribution in [0.3, 0.4) is 0 Å². The van der Waals surface area contributed by atoms with Gasteiger partial charge in [0.1, 0.15) is 0 Å². The van der Waals surface area contributed by atoms with Crippen molar-refractivity contribution in [2.75, 3.05) is 33.9 Å². The number of hydrogen-bond donors (Lipinski definition) is 2. The number of rotatable bonds is 10. The molecule has 0 aromatic rings. The Morgan fingerprint density at radius 2 is 1.87 bits per heavy atom. The zero-order valence-corrected chi connectivity index (χ0v) is 9.97. The molecule has 0 saturated heterocycles. The Kier molecular flexibility index (Phi) is 11.0. The minimum absolute atomic E-state index is 0.0996. The fourth-order valence-corrected chi connectivity index (χ4v) is 1.30. The molecule has 0 atom stereocenters. The molecule has 0 aliphatic carbocycles. The maximum atomic E-state index is 10.9. The van der Waals surface area contributed by atoms with Crippen molar-refractivity contribution in [3.05, 3.63) is 0 Å². The van der Waals surface area contributed by atoms with Crippen LogP contribution in [0.5, 0.6) is 0 Å². The average Bonchev–Trinajstić information content (AvgIpc) is 2.26. The first-order valence-electron chi connectivity index (χ1n) is 5.71. The van der Waals surface area contributed by atoms with E-state index in [4.69, 9.17) is 4.74 Å². The highest BCUT2D eigenvalue weighted by Crippen LogP contribution is 1.98. The highest BCUT2D eigenvalue weighted by atomic mass is 16.5. The van der Waals surface area contributed by atoms with Gasteiger partial charge in [0.2, 0.25) is 5.91 Å². The van der Waals surface area contributed by atoms with Crippen molar-refractivity contribution in [3.63, 3.8) is 0 Å². The molecule has 0 fully saturated rings. The summed E-state index contributed by atoms with van der Waals surface area (Å²) in [6.07, 6.45) is 5.35. The van der Waals surface area contributed by atoms with E-state index in [9.17, 15) is 4.79 Å². The minimum atomic E-state index is 0.0996. The van der Waals surface area contributed by atoms with Crippen LogP contribution in [0.15, 0.2) is 0 Å². The topological polar surface area (TPSA) is 50.4 Å². The predicted molar refractivity (Wildman–Crippen MR) is 61.9 cm³/mol. The first kappa shape index (κ1) is 14.4. The number of ether oxygens (including phenoxy) is 1. The summed E-state index contributed by atoms with van der Waals surface area (Å²) in [6.45, 7) is 2.64. The molecule has 0 bridgehead atoms. The number of carbonyl (C=O) groups is 1. The number of nitrogens with one attached hydrogen (secondary N) is 2. The first-order chi connectivity index (χ1) is 7.31. The molecule has 0 unspecified atom stereocenters. The first-order valence-corrected chi connectivity index (χ1v) is 5.71. The second-order valence-electron chi connectivity index (χ2n) is 3.58. The number of amides is 1. The Hall–Kier alpha value is -0.610. The average molecular weight is 216 g/mol. The normalized spacial score (nSPS) is 10.3. The second kappa shape index (κ2) is 11.5. The Bertz CT molecular complexity index is 152. The molecular formula is C11H24N2O2. The molecule has 0 aliphatic rings. The maximum absolute atomic E-state index is 10.9. The van der Waals surface area contributed by atoms with Crippen LogP contribution in [0.25, 0.3) is 0 Å². The molecule has 0 spiro atoms. The zero-order chi connectivity index (χ0) is 11.4. The summed E-state index contributed by atoms with van der Waals surface area (Å²) in [4.78, 5) is 10.9. The highest BCUT2D eigenvalue weighted by molar-refractivity contribution is 5.75. The van der Waals surface area contributed by atoms with Crippen LogP contribution in [0.4, 0.5) is 0 Å². The molecule has 0 saturated carbocycles. The molecular weight excluding hydrogens is 192 g/mol. The van der Waals surface area contributed by atoms with Crippen LogP contribution in [0, 0.1) is 0 Å². The summed E-state index contributed by atoms with van der Waals surface area (Å²) in [5.41, 5.74) is 0. The zero-order valence-electron chi connectivity index (χ0n) is 9.97. The van der Waals surface area contributed by atoms with Crippen LogP contribution < -0.4 is 10.6 Å². The summed E-state index contributed by atoms with van der Waals surface area (Å²) < 4.78 is 4.97. The van der Waals surface area contributed by atoms with Gasteiger partial charge in [-0.1, -0.05) is 12.8 Å². The third-order valence-electron chi connectivity index (χ3n) is 2.26. The van der Waals surface area contributed by atoms with E-state index in [1.807, 2.05) is 0 Å². The lowest BCUT2D eigenvalue weighted by Crippen LogP contribution is -2.25. The van der Waals surface area contributed by atoms with Crippen LogP contribution in [0.2, 0.25) is 0 Å². The van der Waals surface area contributed by atoms with E-state index >= 15 is 0 Å². The van der Waals surface area contributed by atoms with Gasteiger partial charge in [0.25, 0.3) is 0 Å². The number of methoxy groups -OCH3 is 1. The van der Waals surface area contributed by atoms with E-state index < -0.39 is 0 Å². The summed E-state index contributed by atoms with van der Waals surface area (Å²) >= 11 is 0. The van der Waals surface area contributed by atoms with Crippen molar-refractivity contribution in [3.8, 4) is 0 Å². The van der Waals surface area contributed by atoms with Crippen LogP contribution in [-0.4, -0.2) is 39.8 Å². The molecule has 0 heterocycles. The smallest absolute Gasteiger partial charge is 0.221 e. The van der Waals surface area contributed by atoms with Crippen molar-refractivity contribution in [1.29, 1.82) is 0 Å². The molecule has 0 aromatic carbocycles. The van der Waals surface area contributed by atoms with Crippen molar-refractivity contribution < 1.29 is 9.53 Å². The van der Waals surface area contributed by atoms with E-state index in [0.717, 1.165) is 26.1 Å². The standard InChI is InChI=1S/C11H24N2O2/c1-12-11(14)7-9-13-8-5-3-4-6-10-15-2/h13H,3-10H2,1-2H3,(H,12,14). The van der Waals surface area contributed by atoms with Gasteiger partial charge in [0, 0.05) is 33.7 Å². The van der Waals surface area contributed by atoms with Gasteiger partial charge in [-0.2, -0.15) is 0 Å². The van der Waals surface area contributed by atoms with E-state index in [1.54, 1.807) is 14.2 Å². The van der Waals surface area contributed by atoms with Gasteiger partial charge in [-0.25, -0.2) is 0 Å². The molecule has 2 N–H and O–H groups in total. The lowest BCUT2D eigenvalue weighted by Gasteiger charge is -2.04. The van der Waals surface area contributed by atoms with E-state index in [2.05, 4.69) is 10.6 Å². The predicted octanol–water partition coefficient (Wildman–Crippen LogP) is 0.919. The molecule has 15 heavy (non-hydrogen) atoms. The van der Waals surface area contributed by atoms with E-state index in [1.165, 1.54) is 19.3 Å². The summed E-state index contributed by atoms with van der Waals surface area (Å²) in [6, 6.07) is 0. The number of hydrogen-bond acceptors (Lipinski definition) is 3. The summed E-state index contributed by atoms with van der Waals surface area (Å²) in [7, 11) is 3.40. The molecule has 0 radical (unpaired) electrons. The molecule has 0 aromatic heterocycles. The fourth-order valence-electron chi connectivity index (χ4n) is 1.30. The van der Waals surface area contributed by atoms with Gasteiger partial charge in [0.15, 0.2) is 0 Å². The Balaban J connectivity index is 2.95. The second-order valence-corrected chi connectivity index (χ2v) is 3.58. The van der Waals surface area contributed by atoms with Gasteiger partial charge >= 0.3 is 0 Å². The largest absolute Gasteiger partial charge is 0.385 e. The SMILES string of the molecule is CNC(=O)CCNCCCCCCOC. The Morgan fingerprint density at radius 1 is 1.13 bits per heavy atom. The van der Waals surface area contributed by atoms with Crippen LogP contribution >= 0.6 is 0 Å². The molecule has 4 nitrogen and oxygen atoms in total. The van der Waals surface area contributed by atoms with Gasteiger partial charge in [-0.3, -0.25) is 4.79 Å². The van der Waals surface area contributed by atoms with Crippen molar-refractivity contribution >= 4 is 5.91 Å². The molecule has 4 heteroatoms. The molecule has 90 valence electrons. The number of unbranched alkanes of at least 4 members (excludes halogenated alkanes) is 3.